The van der Waals surface area contributed by atoms with Crippen LogP contribution in [-0.2, 0) is 16.0 Å². The van der Waals surface area contributed by atoms with Crippen molar-refractivity contribution in [3.63, 3.8) is 0 Å². The van der Waals surface area contributed by atoms with Crippen molar-refractivity contribution in [2.24, 2.45) is 0 Å². The van der Waals surface area contributed by atoms with E-state index in [2.05, 4.69) is 26.0 Å². The highest BCUT2D eigenvalue weighted by Crippen LogP contribution is 2.26. The van der Waals surface area contributed by atoms with Crippen LogP contribution in [0, 0.1) is 10.7 Å². The first-order chi connectivity index (χ1) is 11.6. The molecule has 0 saturated carbocycles. The maximum absolute atomic E-state index is 13.8. The molecule has 2 saturated heterocycles. The summed E-state index contributed by atoms with van der Waals surface area (Å²) in [5, 5.41) is 2.63. The van der Waals surface area contributed by atoms with Crippen molar-refractivity contribution in [1.29, 1.82) is 0 Å². The van der Waals surface area contributed by atoms with Crippen molar-refractivity contribution >= 4 is 15.9 Å². The lowest BCUT2D eigenvalue weighted by Crippen LogP contribution is -2.36. The van der Waals surface area contributed by atoms with Crippen LogP contribution in [0.2, 0.25) is 0 Å². The van der Waals surface area contributed by atoms with E-state index in [1.54, 1.807) is 12.1 Å². The number of nitrogens with one attached hydrogen (secondary N) is 1. The van der Waals surface area contributed by atoms with Gasteiger partial charge in [0.1, 0.15) is 5.82 Å². The third-order valence-electron chi connectivity index (χ3n) is 4.33. The van der Waals surface area contributed by atoms with E-state index in [1.807, 2.05) is 0 Å². The van der Waals surface area contributed by atoms with Gasteiger partial charge in [-0.3, -0.25) is 4.90 Å². The largest absolute Gasteiger partial charge is 0.372 e. The summed E-state index contributed by atoms with van der Waals surface area (Å²) in [6, 6.07) is 4.53. The Bertz CT molecular complexity index is 794. The van der Waals surface area contributed by atoms with Crippen LogP contribution >= 0.6 is 15.9 Å². The molecular weight excluding hydrogens is 385 g/mol. The summed E-state index contributed by atoms with van der Waals surface area (Å²) < 4.78 is 30.8. The molecule has 0 bridgehead atoms. The number of rotatable bonds is 3. The highest BCUT2D eigenvalue weighted by molar-refractivity contribution is 9.10. The molecular formula is C15H16BrFN3O4+. The molecule has 0 radical (unpaired) electrons. The predicted octanol–water partition coefficient (Wildman–Crippen LogP) is 1.69. The van der Waals surface area contributed by atoms with E-state index in [4.69, 9.17) is 14.1 Å². The summed E-state index contributed by atoms with van der Waals surface area (Å²) >= 11 is 3.11. The quantitative estimate of drug-likeness (QED) is 0.848. The number of aromatic nitrogens is 2. The summed E-state index contributed by atoms with van der Waals surface area (Å²) in [6.07, 6.45) is 0.109. The summed E-state index contributed by atoms with van der Waals surface area (Å²) in [5.41, 5.74) is 1.32. The Labute approximate surface area is 145 Å². The first-order valence-electron chi connectivity index (χ1n) is 7.66. The van der Waals surface area contributed by atoms with Gasteiger partial charge in [-0.05, 0) is 39.0 Å². The molecule has 9 heteroatoms. The van der Waals surface area contributed by atoms with Gasteiger partial charge in [0, 0.05) is 18.7 Å². The Kier molecular flexibility index (Phi) is 4.25. The molecule has 0 unspecified atom stereocenters. The fraction of sp³-hybridized carbons (Fsp3) is 0.467. The maximum atomic E-state index is 13.8. The first kappa shape index (κ1) is 15.9. The standard InChI is InChI=1S/C15H16BrFN3O4/c16-10-2-1-9(5-11(10)17)15-12(18-24-20(15)21)6-19-7-13-14(8-19)23-4-3-22-13/h1-2,5,13-14,18H,3-4,6-8H2/q+1/t13-,14+. The fourth-order valence-corrected chi connectivity index (χ4v) is 3.47. The number of fused-ring (bicyclic) bond motifs is 1. The second-order valence-corrected chi connectivity index (χ2v) is 6.77. The molecule has 0 spiro atoms. The summed E-state index contributed by atoms with van der Waals surface area (Å²) in [4.78, 5) is 14.1. The fourth-order valence-electron chi connectivity index (χ4n) is 3.22. The van der Waals surface area contributed by atoms with Gasteiger partial charge in [-0.15, -0.1) is 0 Å². The number of aromatic amines is 1. The molecule has 1 N–H and O–H groups in total. The summed E-state index contributed by atoms with van der Waals surface area (Å²) in [6.45, 7) is 3.12. The lowest BCUT2D eigenvalue weighted by atomic mass is 10.1. The van der Waals surface area contributed by atoms with Crippen LogP contribution in [0.25, 0.3) is 11.3 Å². The van der Waals surface area contributed by atoms with Crippen LogP contribution < -0.4 is 4.60 Å². The van der Waals surface area contributed by atoms with E-state index in [1.165, 1.54) is 6.07 Å². The van der Waals surface area contributed by atoms with Crippen LogP contribution in [0.4, 0.5) is 4.39 Å². The topological polar surface area (TPSA) is 73.6 Å². The Hall–Kier alpha value is -1.55. The number of halogens is 2. The Morgan fingerprint density at radius 3 is 2.67 bits per heavy atom. The molecule has 3 heterocycles. The molecule has 24 heavy (non-hydrogen) atoms. The van der Waals surface area contributed by atoms with Crippen LogP contribution in [0.1, 0.15) is 5.69 Å². The second kappa shape index (κ2) is 6.40. The number of nitrogens with zero attached hydrogens (tertiary/aromatic N) is 2. The zero-order valence-electron chi connectivity index (χ0n) is 12.7. The minimum absolute atomic E-state index is 0.0543. The van der Waals surface area contributed by atoms with Gasteiger partial charge >= 0.3 is 0 Å². The Morgan fingerprint density at radius 2 is 2.00 bits per heavy atom. The van der Waals surface area contributed by atoms with Crippen molar-refractivity contribution in [3.8, 4) is 11.3 Å². The number of likely N-dealkylation sites (tertiary alicyclic amines) is 1. The van der Waals surface area contributed by atoms with Crippen LogP contribution in [-0.4, -0.2) is 48.6 Å². The molecule has 1 aromatic heterocycles. The van der Waals surface area contributed by atoms with Crippen molar-refractivity contribution in [1.82, 2.24) is 10.1 Å². The van der Waals surface area contributed by atoms with E-state index >= 15 is 0 Å². The highest BCUT2D eigenvalue weighted by atomic mass is 79.9. The minimum atomic E-state index is -0.436. The lowest BCUT2D eigenvalue weighted by molar-refractivity contribution is -0.704. The number of H-pyrrole nitrogens is 1. The molecule has 2 aliphatic rings. The van der Waals surface area contributed by atoms with Gasteiger partial charge in [0.2, 0.25) is 5.69 Å². The number of hydrogen-bond acceptors (Lipinski definition) is 5. The molecule has 128 valence electrons. The molecule has 2 fully saturated rings. The molecule has 2 atom stereocenters. The number of hydrogen-bond donors (Lipinski definition) is 1. The van der Waals surface area contributed by atoms with Crippen LogP contribution in [0.3, 0.4) is 0 Å². The normalized spacial score (nSPS) is 24.2. The van der Waals surface area contributed by atoms with Gasteiger partial charge in [0.05, 0.1) is 36.4 Å². The van der Waals surface area contributed by atoms with Crippen molar-refractivity contribution in [2.75, 3.05) is 26.3 Å². The molecule has 2 aliphatic heterocycles. The first-order valence-corrected chi connectivity index (χ1v) is 8.45. The van der Waals surface area contributed by atoms with Gasteiger partial charge in [0.15, 0.2) is 4.60 Å². The van der Waals surface area contributed by atoms with Gasteiger partial charge in [-0.25, -0.2) is 4.39 Å². The van der Waals surface area contributed by atoms with E-state index in [0.29, 0.717) is 40.1 Å². The minimum Gasteiger partial charge on any atom is -0.372 e. The second-order valence-electron chi connectivity index (χ2n) is 5.92. The van der Waals surface area contributed by atoms with Gasteiger partial charge in [-0.1, -0.05) is 9.79 Å². The zero-order chi connectivity index (χ0) is 16.7. The highest BCUT2D eigenvalue weighted by Gasteiger charge is 2.38. The van der Waals surface area contributed by atoms with E-state index in [0.717, 1.165) is 13.1 Å². The Balaban J connectivity index is 1.58. The SMILES string of the molecule is O=[n+]1o[nH]c(CN2C[C@@H]3OCCO[C@@H]3C2)c1-c1ccc(Br)c(F)c1. The number of benzene rings is 1. The average molecular weight is 401 g/mol. The molecule has 1 aromatic carbocycles. The lowest BCUT2D eigenvalue weighted by Gasteiger charge is -2.24. The summed E-state index contributed by atoms with van der Waals surface area (Å²) in [5.74, 6) is -0.436. The number of ether oxygens (including phenoxy) is 2. The average Bonchev–Trinajstić information content (AvgIpc) is 3.13. The molecule has 0 amide bonds. The van der Waals surface area contributed by atoms with Gasteiger partial charge in [0.25, 0.3) is 5.69 Å². The van der Waals surface area contributed by atoms with Gasteiger partial charge < -0.3 is 9.47 Å². The molecule has 2 aromatic rings. The van der Waals surface area contributed by atoms with Crippen molar-refractivity contribution in [2.45, 2.75) is 18.8 Å². The zero-order valence-corrected chi connectivity index (χ0v) is 14.3. The van der Waals surface area contributed by atoms with E-state index in [9.17, 15) is 9.30 Å². The van der Waals surface area contributed by atoms with Gasteiger partial charge in [-0.2, -0.15) is 0 Å². The third kappa shape index (κ3) is 2.92. The molecule has 7 nitrogen and oxygen atoms in total. The molecule has 4 rings (SSSR count). The third-order valence-corrected chi connectivity index (χ3v) is 4.98. The van der Waals surface area contributed by atoms with E-state index < -0.39 is 5.82 Å². The monoisotopic (exact) mass is 400 g/mol. The van der Waals surface area contributed by atoms with Crippen molar-refractivity contribution < 1.29 is 23.1 Å². The molecule has 0 aliphatic carbocycles. The van der Waals surface area contributed by atoms with Crippen molar-refractivity contribution in [3.05, 3.63) is 39.1 Å². The predicted molar refractivity (Wildman–Crippen MR) is 84.3 cm³/mol. The van der Waals surface area contributed by atoms with Crippen LogP contribution in [0.15, 0.2) is 27.3 Å². The van der Waals surface area contributed by atoms with E-state index in [-0.39, 0.29) is 17.9 Å². The Morgan fingerprint density at radius 1 is 1.29 bits per heavy atom. The summed E-state index contributed by atoms with van der Waals surface area (Å²) in [7, 11) is 0. The maximum Gasteiger partial charge on any atom is 0.276 e. The van der Waals surface area contributed by atoms with Crippen LogP contribution in [0.5, 0.6) is 0 Å². The smallest absolute Gasteiger partial charge is 0.276 e.